The molecule has 0 fully saturated rings. The standard InChI is InChI=1S/C22H29N5O/c1-15(2)27-19-12-6-5-10-18(19)24-20(27)13-4-3-7-14-23-22(28)21-16-9-8-11-17(16)25-26-21/h5-6,10,12,15H,3-4,7-9,11,13-14H2,1-2H3,(H,23,28)(H,25,26). The molecule has 6 heteroatoms. The van der Waals surface area contributed by atoms with E-state index in [0.29, 0.717) is 18.3 Å². The fourth-order valence-electron chi connectivity index (χ4n) is 4.22. The van der Waals surface area contributed by atoms with E-state index in [1.807, 2.05) is 6.07 Å². The Morgan fingerprint density at radius 2 is 2.07 bits per heavy atom. The first-order valence-corrected chi connectivity index (χ1v) is 10.5. The third kappa shape index (κ3) is 3.68. The van der Waals surface area contributed by atoms with Gasteiger partial charge in [0.1, 0.15) is 5.82 Å². The average Bonchev–Trinajstić information content (AvgIpc) is 3.37. The molecule has 1 amide bonds. The van der Waals surface area contributed by atoms with Gasteiger partial charge in [0.2, 0.25) is 0 Å². The SMILES string of the molecule is CC(C)n1c(CCCCCNC(=O)c2n[nH]c3c2CCC3)nc2ccccc21. The van der Waals surface area contributed by atoms with Gasteiger partial charge in [0.05, 0.1) is 11.0 Å². The van der Waals surface area contributed by atoms with Crippen LogP contribution in [0.25, 0.3) is 11.0 Å². The maximum absolute atomic E-state index is 12.3. The fraction of sp³-hybridized carbons (Fsp3) is 0.500. The maximum Gasteiger partial charge on any atom is 0.272 e. The predicted molar refractivity (Wildman–Crippen MR) is 111 cm³/mol. The summed E-state index contributed by atoms with van der Waals surface area (Å²) in [6.07, 6.45) is 7.17. The Balaban J connectivity index is 1.25. The number of nitrogens with one attached hydrogen (secondary N) is 2. The highest BCUT2D eigenvalue weighted by molar-refractivity contribution is 5.94. The molecule has 2 N–H and O–H groups in total. The normalized spacial score (nSPS) is 13.4. The molecule has 0 aliphatic heterocycles. The summed E-state index contributed by atoms with van der Waals surface area (Å²) >= 11 is 0. The second-order valence-corrected chi connectivity index (χ2v) is 7.93. The van der Waals surface area contributed by atoms with Gasteiger partial charge in [-0.15, -0.1) is 0 Å². The minimum absolute atomic E-state index is 0.0407. The summed E-state index contributed by atoms with van der Waals surface area (Å²) in [5.41, 5.74) is 5.14. The van der Waals surface area contributed by atoms with Crippen LogP contribution in [-0.2, 0) is 19.3 Å². The van der Waals surface area contributed by atoms with Crippen LogP contribution in [0.4, 0.5) is 0 Å². The first-order chi connectivity index (χ1) is 13.6. The Bertz CT molecular complexity index is 969. The molecule has 6 nitrogen and oxygen atoms in total. The first kappa shape index (κ1) is 18.7. The van der Waals surface area contributed by atoms with Crippen molar-refractivity contribution in [3.8, 4) is 0 Å². The van der Waals surface area contributed by atoms with E-state index in [9.17, 15) is 4.79 Å². The fourth-order valence-corrected chi connectivity index (χ4v) is 4.22. The Kier molecular flexibility index (Phi) is 5.46. The second-order valence-electron chi connectivity index (χ2n) is 7.93. The Labute approximate surface area is 165 Å². The van der Waals surface area contributed by atoms with Gasteiger partial charge in [0.25, 0.3) is 5.91 Å². The van der Waals surface area contributed by atoms with Gasteiger partial charge in [-0.05, 0) is 58.1 Å². The van der Waals surface area contributed by atoms with Gasteiger partial charge in [-0.25, -0.2) is 4.98 Å². The van der Waals surface area contributed by atoms with Gasteiger partial charge in [-0.3, -0.25) is 9.89 Å². The van der Waals surface area contributed by atoms with Crippen molar-refractivity contribution in [1.82, 2.24) is 25.1 Å². The van der Waals surface area contributed by atoms with Crippen LogP contribution in [0, 0.1) is 0 Å². The van der Waals surface area contributed by atoms with Gasteiger partial charge in [0, 0.05) is 30.3 Å². The molecule has 1 aromatic carbocycles. The summed E-state index contributed by atoms with van der Waals surface area (Å²) in [5.74, 6) is 1.12. The van der Waals surface area contributed by atoms with Gasteiger partial charge in [-0.1, -0.05) is 18.6 Å². The van der Waals surface area contributed by atoms with Crippen molar-refractivity contribution in [3.05, 3.63) is 47.0 Å². The minimum Gasteiger partial charge on any atom is -0.351 e. The van der Waals surface area contributed by atoms with Crippen molar-refractivity contribution in [3.63, 3.8) is 0 Å². The molecule has 3 aromatic rings. The first-order valence-electron chi connectivity index (χ1n) is 10.5. The number of imidazole rings is 1. The van der Waals surface area contributed by atoms with Gasteiger partial charge in [-0.2, -0.15) is 5.10 Å². The van der Waals surface area contributed by atoms with Crippen LogP contribution in [0.1, 0.15) is 73.1 Å². The third-order valence-corrected chi connectivity index (χ3v) is 5.57. The smallest absolute Gasteiger partial charge is 0.272 e. The highest BCUT2D eigenvalue weighted by atomic mass is 16.1. The number of carbonyl (C=O) groups is 1. The quantitative estimate of drug-likeness (QED) is 0.582. The van der Waals surface area contributed by atoms with E-state index in [1.54, 1.807) is 0 Å². The number of benzene rings is 1. The number of aromatic amines is 1. The number of carbonyl (C=O) groups excluding carboxylic acids is 1. The number of amides is 1. The molecule has 148 valence electrons. The van der Waals surface area contributed by atoms with Gasteiger partial charge >= 0.3 is 0 Å². The van der Waals surface area contributed by atoms with E-state index >= 15 is 0 Å². The lowest BCUT2D eigenvalue weighted by Crippen LogP contribution is -2.25. The lowest BCUT2D eigenvalue weighted by Gasteiger charge is -2.13. The number of nitrogens with zero attached hydrogens (tertiary/aromatic N) is 3. The van der Waals surface area contributed by atoms with Gasteiger partial charge < -0.3 is 9.88 Å². The number of fused-ring (bicyclic) bond motifs is 2. The second kappa shape index (κ2) is 8.17. The topological polar surface area (TPSA) is 75.6 Å². The monoisotopic (exact) mass is 379 g/mol. The molecule has 2 aromatic heterocycles. The Morgan fingerprint density at radius 3 is 2.93 bits per heavy atom. The number of unbranched alkanes of at least 4 members (excludes halogenated alkanes) is 2. The molecule has 0 unspecified atom stereocenters. The zero-order valence-electron chi connectivity index (χ0n) is 16.8. The summed E-state index contributed by atoms with van der Waals surface area (Å²) < 4.78 is 2.34. The Morgan fingerprint density at radius 1 is 1.21 bits per heavy atom. The van der Waals surface area contributed by atoms with E-state index in [4.69, 9.17) is 4.98 Å². The van der Waals surface area contributed by atoms with Crippen molar-refractivity contribution in [2.75, 3.05) is 6.54 Å². The molecule has 0 saturated heterocycles. The number of aryl methyl sites for hydroxylation is 2. The lowest BCUT2D eigenvalue weighted by molar-refractivity contribution is 0.0947. The van der Waals surface area contributed by atoms with Crippen LogP contribution in [0.5, 0.6) is 0 Å². The number of H-pyrrole nitrogens is 1. The van der Waals surface area contributed by atoms with Crippen molar-refractivity contribution in [2.24, 2.45) is 0 Å². The molecule has 1 aliphatic carbocycles. The molecule has 2 heterocycles. The number of aromatic nitrogens is 4. The molecule has 1 aliphatic rings. The summed E-state index contributed by atoms with van der Waals surface area (Å²) in [5, 5.41) is 10.2. The van der Waals surface area contributed by atoms with Crippen molar-refractivity contribution in [1.29, 1.82) is 0 Å². The number of para-hydroxylation sites is 2. The van der Waals surface area contributed by atoms with E-state index in [1.165, 1.54) is 5.52 Å². The number of rotatable bonds is 8. The van der Waals surface area contributed by atoms with Gasteiger partial charge in [0.15, 0.2) is 5.69 Å². The molecular formula is C22H29N5O. The number of hydrogen-bond acceptors (Lipinski definition) is 3. The van der Waals surface area contributed by atoms with E-state index < -0.39 is 0 Å². The van der Waals surface area contributed by atoms with E-state index in [-0.39, 0.29) is 5.91 Å². The zero-order chi connectivity index (χ0) is 19.5. The lowest BCUT2D eigenvalue weighted by atomic mass is 10.1. The highest BCUT2D eigenvalue weighted by Gasteiger charge is 2.22. The van der Waals surface area contributed by atoms with Crippen LogP contribution in [0.15, 0.2) is 24.3 Å². The minimum atomic E-state index is -0.0407. The summed E-state index contributed by atoms with van der Waals surface area (Å²) in [4.78, 5) is 17.2. The summed E-state index contributed by atoms with van der Waals surface area (Å²) in [6, 6.07) is 8.74. The molecule has 0 saturated carbocycles. The van der Waals surface area contributed by atoms with Crippen LogP contribution in [-0.4, -0.2) is 32.2 Å². The average molecular weight is 380 g/mol. The van der Waals surface area contributed by atoms with Crippen LogP contribution >= 0.6 is 0 Å². The molecular weight excluding hydrogens is 350 g/mol. The summed E-state index contributed by atoms with van der Waals surface area (Å²) in [7, 11) is 0. The largest absolute Gasteiger partial charge is 0.351 e. The van der Waals surface area contributed by atoms with Crippen molar-refractivity contribution in [2.45, 2.75) is 64.8 Å². The molecule has 0 atom stereocenters. The molecule has 0 spiro atoms. The molecule has 4 rings (SSSR count). The van der Waals surface area contributed by atoms with Crippen LogP contribution in [0.2, 0.25) is 0 Å². The van der Waals surface area contributed by atoms with Crippen molar-refractivity contribution >= 4 is 16.9 Å². The maximum atomic E-state index is 12.3. The summed E-state index contributed by atoms with van der Waals surface area (Å²) in [6.45, 7) is 5.11. The third-order valence-electron chi connectivity index (χ3n) is 5.57. The van der Waals surface area contributed by atoms with Crippen LogP contribution in [0.3, 0.4) is 0 Å². The molecule has 0 bridgehead atoms. The van der Waals surface area contributed by atoms with Crippen LogP contribution < -0.4 is 5.32 Å². The Hall–Kier alpha value is -2.63. The van der Waals surface area contributed by atoms with E-state index in [2.05, 4.69) is 52.1 Å². The predicted octanol–water partition coefficient (Wildman–Crippen LogP) is 3.97. The van der Waals surface area contributed by atoms with E-state index in [0.717, 1.165) is 67.5 Å². The van der Waals surface area contributed by atoms with Crippen molar-refractivity contribution < 1.29 is 4.79 Å². The number of hydrogen-bond donors (Lipinski definition) is 2. The molecule has 28 heavy (non-hydrogen) atoms. The zero-order valence-corrected chi connectivity index (χ0v) is 16.8. The highest BCUT2D eigenvalue weighted by Crippen LogP contribution is 2.23. The molecule has 0 radical (unpaired) electrons.